The Balaban J connectivity index is 2.11. The van der Waals surface area contributed by atoms with Gasteiger partial charge in [0.2, 0.25) is 5.91 Å². The third kappa shape index (κ3) is 2.41. The second-order valence-corrected chi connectivity index (χ2v) is 5.02. The lowest BCUT2D eigenvalue weighted by atomic mass is 9.69. The molecular weight excluding hydrogens is 240 g/mol. The molecule has 1 aromatic rings. The summed E-state index contributed by atoms with van der Waals surface area (Å²) in [6, 6.07) is 9.80. The molecule has 0 aliphatic heterocycles. The van der Waals surface area contributed by atoms with Crippen molar-refractivity contribution in [1.82, 2.24) is 4.90 Å². The van der Waals surface area contributed by atoms with Gasteiger partial charge in [0.05, 0.1) is 13.2 Å². The van der Waals surface area contributed by atoms with E-state index in [1.54, 1.807) is 19.1 Å². The first-order valence-electron chi connectivity index (χ1n) is 6.42. The Labute approximate surface area is 113 Å². The van der Waals surface area contributed by atoms with Crippen LogP contribution in [0.4, 0.5) is 0 Å². The fourth-order valence-electron chi connectivity index (χ4n) is 2.43. The van der Waals surface area contributed by atoms with Gasteiger partial charge in [-0.25, -0.2) is 0 Å². The van der Waals surface area contributed by atoms with E-state index >= 15 is 0 Å². The Morgan fingerprint density at radius 3 is 2.68 bits per heavy atom. The quantitative estimate of drug-likeness (QED) is 0.833. The second kappa shape index (κ2) is 5.31. The Bertz CT molecular complexity index is 515. The number of para-hydroxylation sites is 1. The van der Waals surface area contributed by atoms with Crippen molar-refractivity contribution in [2.45, 2.75) is 25.8 Å². The van der Waals surface area contributed by atoms with Gasteiger partial charge < -0.3 is 9.64 Å². The number of methoxy groups -OCH3 is 1. The molecular formula is C15H18N2O2. The SMILES string of the molecule is COc1ccccc1CN(C)C(=O)C1(C#N)CCC1. The summed E-state index contributed by atoms with van der Waals surface area (Å²) in [6.07, 6.45) is 2.32. The van der Waals surface area contributed by atoms with Crippen molar-refractivity contribution in [2.75, 3.05) is 14.2 Å². The lowest BCUT2D eigenvalue weighted by Gasteiger charge is -2.36. The van der Waals surface area contributed by atoms with E-state index in [1.165, 1.54) is 0 Å². The molecule has 0 unspecified atom stereocenters. The van der Waals surface area contributed by atoms with Crippen molar-refractivity contribution in [3.05, 3.63) is 29.8 Å². The van der Waals surface area contributed by atoms with Crippen LogP contribution in [0.15, 0.2) is 24.3 Å². The number of nitriles is 1. The zero-order valence-electron chi connectivity index (χ0n) is 11.3. The number of hydrogen-bond donors (Lipinski definition) is 0. The Morgan fingerprint density at radius 1 is 1.47 bits per heavy atom. The van der Waals surface area contributed by atoms with Crippen LogP contribution in [0.2, 0.25) is 0 Å². The van der Waals surface area contributed by atoms with E-state index in [9.17, 15) is 10.1 Å². The summed E-state index contributed by atoms with van der Waals surface area (Å²) in [6.45, 7) is 0.465. The van der Waals surface area contributed by atoms with Crippen molar-refractivity contribution < 1.29 is 9.53 Å². The third-order valence-corrected chi connectivity index (χ3v) is 3.78. The molecule has 2 rings (SSSR count). The first-order valence-corrected chi connectivity index (χ1v) is 6.42. The highest BCUT2D eigenvalue weighted by Crippen LogP contribution is 2.41. The van der Waals surface area contributed by atoms with Crippen LogP contribution >= 0.6 is 0 Å². The topological polar surface area (TPSA) is 53.3 Å². The molecule has 0 bridgehead atoms. The molecule has 0 saturated heterocycles. The van der Waals surface area contributed by atoms with E-state index in [0.717, 1.165) is 17.7 Å². The minimum absolute atomic E-state index is 0.0767. The van der Waals surface area contributed by atoms with Crippen LogP contribution in [0.5, 0.6) is 5.75 Å². The van der Waals surface area contributed by atoms with Crippen LogP contribution in [0.25, 0.3) is 0 Å². The average molecular weight is 258 g/mol. The molecule has 1 aliphatic carbocycles. The van der Waals surface area contributed by atoms with Gasteiger partial charge in [0.1, 0.15) is 11.2 Å². The molecule has 1 aliphatic rings. The monoisotopic (exact) mass is 258 g/mol. The summed E-state index contributed by atoms with van der Waals surface area (Å²) in [5.74, 6) is 0.689. The molecule has 4 heteroatoms. The Kier molecular flexibility index (Phi) is 3.75. The van der Waals surface area contributed by atoms with Gasteiger partial charge in [0.15, 0.2) is 0 Å². The molecule has 19 heavy (non-hydrogen) atoms. The highest BCUT2D eigenvalue weighted by molar-refractivity contribution is 5.86. The van der Waals surface area contributed by atoms with E-state index < -0.39 is 5.41 Å². The first-order chi connectivity index (χ1) is 9.13. The van der Waals surface area contributed by atoms with Crippen LogP contribution in [0, 0.1) is 16.7 Å². The smallest absolute Gasteiger partial charge is 0.243 e. The maximum Gasteiger partial charge on any atom is 0.243 e. The summed E-state index contributed by atoms with van der Waals surface area (Å²) < 4.78 is 5.28. The molecule has 0 spiro atoms. The van der Waals surface area contributed by atoms with E-state index in [2.05, 4.69) is 6.07 Å². The molecule has 4 nitrogen and oxygen atoms in total. The molecule has 0 heterocycles. The Hall–Kier alpha value is -2.02. The molecule has 1 fully saturated rings. The van der Waals surface area contributed by atoms with Gasteiger partial charge in [-0.3, -0.25) is 4.79 Å². The largest absolute Gasteiger partial charge is 0.496 e. The molecule has 0 aromatic heterocycles. The predicted molar refractivity (Wildman–Crippen MR) is 71.4 cm³/mol. The van der Waals surface area contributed by atoms with E-state index in [4.69, 9.17) is 4.74 Å². The minimum atomic E-state index is -0.781. The number of nitrogens with zero attached hydrogens (tertiary/aromatic N) is 2. The van der Waals surface area contributed by atoms with Crippen molar-refractivity contribution in [3.8, 4) is 11.8 Å². The van der Waals surface area contributed by atoms with Crippen molar-refractivity contribution >= 4 is 5.91 Å². The van der Waals surface area contributed by atoms with Gasteiger partial charge in [-0.2, -0.15) is 5.26 Å². The van der Waals surface area contributed by atoms with Crippen molar-refractivity contribution in [3.63, 3.8) is 0 Å². The number of carbonyl (C=O) groups is 1. The van der Waals surface area contributed by atoms with Gasteiger partial charge in [-0.05, 0) is 25.3 Å². The maximum atomic E-state index is 12.3. The van der Waals surface area contributed by atoms with Gasteiger partial charge in [-0.1, -0.05) is 18.2 Å². The van der Waals surface area contributed by atoms with Crippen molar-refractivity contribution in [1.29, 1.82) is 5.26 Å². The molecule has 1 aromatic carbocycles. The van der Waals surface area contributed by atoms with Gasteiger partial charge in [-0.15, -0.1) is 0 Å². The first kappa shape index (κ1) is 13.4. The zero-order valence-corrected chi connectivity index (χ0v) is 11.3. The number of hydrogen-bond acceptors (Lipinski definition) is 3. The van der Waals surface area contributed by atoms with Gasteiger partial charge in [0.25, 0.3) is 0 Å². The Morgan fingerprint density at radius 2 is 2.16 bits per heavy atom. The molecule has 0 atom stereocenters. The van der Waals surface area contributed by atoms with Crippen LogP contribution in [-0.4, -0.2) is 25.0 Å². The average Bonchev–Trinajstić information content (AvgIpc) is 2.38. The fourth-order valence-corrected chi connectivity index (χ4v) is 2.43. The highest BCUT2D eigenvalue weighted by atomic mass is 16.5. The summed E-state index contributed by atoms with van der Waals surface area (Å²) in [5, 5.41) is 9.20. The second-order valence-electron chi connectivity index (χ2n) is 5.02. The molecule has 100 valence electrons. The third-order valence-electron chi connectivity index (χ3n) is 3.78. The summed E-state index contributed by atoms with van der Waals surface area (Å²) >= 11 is 0. The number of amides is 1. The lowest BCUT2D eigenvalue weighted by Crippen LogP contribution is -2.45. The molecule has 1 amide bonds. The number of ether oxygens (including phenoxy) is 1. The summed E-state index contributed by atoms with van der Waals surface area (Å²) in [4.78, 5) is 14.0. The van der Waals surface area contributed by atoms with Crippen LogP contribution in [0.3, 0.4) is 0 Å². The van der Waals surface area contributed by atoms with Crippen molar-refractivity contribution in [2.24, 2.45) is 5.41 Å². The number of rotatable bonds is 4. The summed E-state index contributed by atoms with van der Waals surface area (Å²) in [7, 11) is 3.36. The fraction of sp³-hybridized carbons (Fsp3) is 0.467. The van der Waals surface area contributed by atoms with Gasteiger partial charge >= 0.3 is 0 Å². The van der Waals surface area contributed by atoms with E-state index in [1.807, 2.05) is 24.3 Å². The maximum absolute atomic E-state index is 12.3. The molecule has 1 saturated carbocycles. The standard InChI is InChI=1S/C15H18N2O2/c1-17(14(18)15(11-16)8-5-9-15)10-12-6-3-4-7-13(12)19-2/h3-4,6-7H,5,8-10H2,1-2H3. The molecule has 0 N–H and O–H groups in total. The highest BCUT2D eigenvalue weighted by Gasteiger charge is 2.46. The minimum Gasteiger partial charge on any atom is -0.496 e. The summed E-state index contributed by atoms with van der Waals surface area (Å²) in [5.41, 5.74) is 0.171. The lowest BCUT2D eigenvalue weighted by molar-refractivity contribution is -0.142. The van der Waals surface area contributed by atoms with Crippen LogP contribution < -0.4 is 4.74 Å². The van der Waals surface area contributed by atoms with Crippen LogP contribution in [0.1, 0.15) is 24.8 Å². The van der Waals surface area contributed by atoms with E-state index in [-0.39, 0.29) is 5.91 Å². The number of carbonyl (C=O) groups excluding carboxylic acids is 1. The molecule has 0 radical (unpaired) electrons. The van der Waals surface area contributed by atoms with E-state index in [0.29, 0.717) is 19.4 Å². The van der Waals surface area contributed by atoms with Gasteiger partial charge in [0, 0.05) is 19.2 Å². The number of benzene rings is 1. The predicted octanol–water partition coefficient (Wildman–Crippen LogP) is 2.35. The normalized spacial score (nSPS) is 16.1. The zero-order chi connectivity index (χ0) is 13.9. The van der Waals surface area contributed by atoms with Crippen LogP contribution in [-0.2, 0) is 11.3 Å².